The van der Waals surface area contributed by atoms with E-state index in [0.717, 1.165) is 65.3 Å². The van der Waals surface area contributed by atoms with Crippen LogP contribution in [0.4, 0.5) is 0 Å². The van der Waals surface area contributed by atoms with Crippen LogP contribution in [-0.4, -0.2) is 150 Å². The first-order valence-electron chi connectivity index (χ1n) is 15.0. The molecule has 0 fully saturated rings. The number of methoxy groups -OCH3 is 9. The molecule has 258 valence electrons. The molecule has 0 aliphatic carbocycles. The highest BCUT2D eigenvalue weighted by Gasteiger charge is 2.14. The van der Waals surface area contributed by atoms with Gasteiger partial charge in [-0.05, 0) is 32.6 Å². The summed E-state index contributed by atoms with van der Waals surface area (Å²) >= 11 is 0. The van der Waals surface area contributed by atoms with E-state index in [1.54, 1.807) is 64.0 Å². The van der Waals surface area contributed by atoms with Gasteiger partial charge in [-0.3, -0.25) is 0 Å². The monoisotopic (exact) mass is 616 g/mol. The zero-order valence-corrected chi connectivity index (χ0v) is 28.8. The van der Waals surface area contributed by atoms with Gasteiger partial charge in [0.2, 0.25) is 0 Å². The second kappa shape index (κ2) is 40.6. The van der Waals surface area contributed by atoms with E-state index < -0.39 is 0 Å². The standard InChI is InChI=1S/C20H42O7.C8H18O3.C3H8O/c1-21-9-6-18(12-23-3)15-26-11-8-20(14-25-5)17-27-16-19(13-24-4)7-10-22-2;1-9-5-4-8(6-10-2)7-11-3;1-3-4-2/h18-20H,6-17H2,1-5H3;8H,4-7H2,1-3H3;3H2,1-2H3. The molecule has 0 aliphatic rings. The summed E-state index contributed by atoms with van der Waals surface area (Å²) in [6, 6.07) is 0. The van der Waals surface area contributed by atoms with Crippen LogP contribution in [0.3, 0.4) is 0 Å². The van der Waals surface area contributed by atoms with E-state index in [9.17, 15) is 0 Å². The van der Waals surface area contributed by atoms with Crippen molar-refractivity contribution in [2.75, 3.05) is 150 Å². The summed E-state index contributed by atoms with van der Waals surface area (Å²) in [4.78, 5) is 0. The summed E-state index contributed by atoms with van der Waals surface area (Å²) in [7, 11) is 15.4. The lowest BCUT2D eigenvalue weighted by atomic mass is 10.1. The molecule has 3 unspecified atom stereocenters. The molecule has 0 spiro atoms. The van der Waals surface area contributed by atoms with Crippen LogP contribution in [0.1, 0.15) is 32.6 Å². The van der Waals surface area contributed by atoms with E-state index in [0.29, 0.717) is 69.9 Å². The van der Waals surface area contributed by atoms with Crippen LogP contribution in [0, 0.1) is 23.7 Å². The minimum Gasteiger partial charge on any atom is -0.385 e. The van der Waals surface area contributed by atoms with Gasteiger partial charge >= 0.3 is 0 Å². The fourth-order valence-electron chi connectivity index (χ4n) is 3.79. The first-order chi connectivity index (χ1) is 20.5. The lowest BCUT2D eigenvalue weighted by Crippen LogP contribution is -2.23. The van der Waals surface area contributed by atoms with Crippen molar-refractivity contribution in [2.24, 2.45) is 23.7 Å². The van der Waals surface area contributed by atoms with Gasteiger partial charge in [0, 0.05) is 121 Å². The van der Waals surface area contributed by atoms with Gasteiger partial charge in [0.05, 0.1) is 52.9 Å². The van der Waals surface area contributed by atoms with Crippen LogP contribution in [0.25, 0.3) is 0 Å². The minimum atomic E-state index is 0.320. The van der Waals surface area contributed by atoms with E-state index in [-0.39, 0.29) is 0 Å². The molecule has 0 bridgehead atoms. The molecular formula is C31H68O11. The summed E-state index contributed by atoms with van der Waals surface area (Å²) in [6.45, 7) is 11.2. The minimum absolute atomic E-state index is 0.320. The van der Waals surface area contributed by atoms with Gasteiger partial charge in [0.15, 0.2) is 0 Å². The van der Waals surface area contributed by atoms with E-state index >= 15 is 0 Å². The van der Waals surface area contributed by atoms with Crippen LogP contribution in [0.15, 0.2) is 0 Å². The van der Waals surface area contributed by atoms with Crippen LogP contribution < -0.4 is 0 Å². The van der Waals surface area contributed by atoms with Crippen LogP contribution >= 0.6 is 0 Å². The van der Waals surface area contributed by atoms with E-state index in [1.165, 1.54) is 0 Å². The molecule has 3 atom stereocenters. The molecule has 11 heteroatoms. The highest BCUT2D eigenvalue weighted by molar-refractivity contribution is 4.62. The predicted molar refractivity (Wildman–Crippen MR) is 167 cm³/mol. The third-order valence-electron chi connectivity index (χ3n) is 6.22. The molecule has 0 amide bonds. The van der Waals surface area contributed by atoms with Crippen LogP contribution in [-0.2, 0) is 52.1 Å². The Kier molecular flexibility index (Phi) is 44.4. The van der Waals surface area contributed by atoms with Crippen molar-refractivity contribution in [3.05, 3.63) is 0 Å². The predicted octanol–water partition coefficient (Wildman–Crippen LogP) is 3.86. The fourth-order valence-corrected chi connectivity index (χ4v) is 3.79. The normalized spacial score (nSPS) is 13.2. The Morgan fingerprint density at radius 2 is 0.571 bits per heavy atom. The summed E-state index contributed by atoms with van der Waals surface area (Å²) in [5.41, 5.74) is 0. The van der Waals surface area contributed by atoms with E-state index in [2.05, 4.69) is 4.74 Å². The smallest absolute Gasteiger partial charge is 0.0517 e. The fraction of sp³-hybridized carbons (Fsp3) is 1.00. The average Bonchev–Trinajstić information content (AvgIpc) is 3.00. The molecule has 0 aliphatic heterocycles. The van der Waals surface area contributed by atoms with Crippen molar-refractivity contribution in [3.8, 4) is 0 Å². The van der Waals surface area contributed by atoms with Gasteiger partial charge < -0.3 is 52.1 Å². The van der Waals surface area contributed by atoms with Crippen LogP contribution in [0.5, 0.6) is 0 Å². The molecule has 0 radical (unpaired) electrons. The second-order valence-electron chi connectivity index (χ2n) is 10.1. The Bertz CT molecular complexity index is 453. The zero-order chi connectivity index (χ0) is 32.1. The van der Waals surface area contributed by atoms with Crippen molar-refractivity contribution in [2.45, 2.75) is 32.6 Å². The number of ether oxygens (including phenoxy) is 11. The maximum atomic E-state index is 5.92. The molecule has 0 saturated heterocycles. The summed E-state index contributed by atoms with van der Waals surface area (Å²) in [6.07, 6.45) is 3.78. The maximum absolute atomic E-state index is 5.92. The van der Waals surface area contributed by atoms with Gasteiger partial charge in [-0.2, -0.15) is 0 Å². The summed E-state index contributed by atoms with van der Waals surface area (Å²) in [5.74, 6) is 1.50. The highest BCUT2D eigenvalue weighted by Crippen LogP contribution is 2.11. The van der Waals surface area contributed by atoms with Gasteiger partial charge in [-0.25, -0.2) is 0 Å². The summed E-state index contributed by atoms with van der Waals surface area (Å²) < 4.78 is 57.4. The molecular weight excluding hydrogens is 548 g/mol. The maximum Gasteiger partial charge on any atom is 0.0517 e. The number of rotatable bonds is 29. The Labute approximate surface area is 258 Å². The molecule has 0 aromatic rings. The summed E-state index contributed by atoms with van der Waals surface area (Å²) in [5, 5.41) is 0. The van der Waals surface area contributed by atoms with Crippen molar-refractivity contribution in [1.29, 1.82) is 0 Å². The van der Waals surface area contributed by atoms with Gasteiger partial charge in [0.25, 0.3) is 0 Å². The Morgan fingerprint density at radius 1 is 0.310 bits per heavy atom. The van der Waals surface area contributed by atoms with Gasteiger partial charge in [-0.1, -0.05) is 0 Å². The Balaban J connectivity index is -0.000000833. The first-order valence-corrected chi connectivity index (χ1v) is 15.0. The lowest BCUT2D eigenvalue weighted by molar-refractivity contribution is -0.00290. The highest BCUT2D eigenvalue weighted by atomic mass is 16.5. The average molecular weight is 617 g/mol. The Hall–Kier alpha value is -0.440. The molecule has 0 heterocycles. The number of hydrogen-bond acceptors (Lipinski definition) is 11. The van der Waals surface area contributed by atoms with Crippen molar-refractivity contribution in [1.82, 2.24) is 0 Å². The van der Waals surface area contributed by atoms with Crippen LogP contribution in [0.2, 0.25) is 0 Å². The second-order valence-corrected chi connectivity index (χ2v) is 10.1. The third-order valence-corrected chi connectivity index (χ3v) is 6.22. The largest absolute Gasteiger partial charge is 0.385 e. The molecule has 0 aromatic heterocycles. The van der Waals surface area contributed by atoms with Crippen molar-refractivity contribution >= 4 is 0 Å². The molecule has 11 nitrogen and oxygen atoms in total. The topological polar surface area (TPSA) is 102 Å². The molecule has 42 heavy (non-hydrogen) atoms. The SMILES string of the molecule is CCOC.COCCC(COC)COC.COCCC(COC)COCCC(COC)COCC(CCOC)COC. The van der Waals surface area contributed by atoms with E-state index in [1.807, 2.05) is 6.92 Å². The molecule has 0 aromatic carbocycles. The van der Waals surface area contributed by atoms with Crippen molar-refractivity contribution in [3.63, 3.8) is 0 Å². The lowest BCUT2D eigenvalue weighted by Gasteiger charge is -2.20. The zero-order valence-electron chi connectivity index (χ0n) is 28.8. The van der Waals surface area contributed by atoms with Crippen molar-refractivity contribution < 1.29 is 52.1 Å². The number of hydrogen-bond donors (Lipinski definition) is 0. The molecule has 0 saturated carbocycles. The molecule has 0 rings (SSSR count). The first kappa shape index (κ1) is 46.0. The molecule has 0 N–H and O–H groups in total. The van der Waals surface area contributed by atoms with Gasteiger partial charge in [0.1, 0.15) is 0 Å². The Morgan fingerprint density at radius 3 is 0.833 bits per heavy atom. The third kappa shape index (κ3) is 35.8. The quantitative estimate of drug-likeness (QED) is 0.115. The van der Waals surface area contributed by atoms with E-state index in [4.69, 9.17) is 47.4 Å². The van der Waals surface area contributed by atoms with Gasteiger partial charge in [-0.15, -0.1) is 0 Å².